The molecule has 1 atom stereocenters. The quantitative estimate of drug-likeness (QED) is 0.715. The molecule has 2 fully saturated rings. The van der Waals surface area contributed by atoms with Crippen LogP contribution >= 0.6 is 22.9 Å². The highest BCUT2D eigenvalue weighted by molar-refractivity contribution is 7.17. The highest BCUT2D eigenvalue weighted by atomic mass is 35.5. The van der Waals surface area contributed by atoms with E-state index in [1.807, 2.05) is 34.1 Å². The highest BCUT2D eigenvalue weighted by Crippen LogP contribution is 2.32. The van der Waals surface area contributed by atoms with Gasteiger partial charge in [0, 0.05) is 37.7 Å². The Labute approximate surface area is 180 Å². The summed E-state index contributed by atoms with van der Waals surface area (Å²) in [4.78, 5) is 34.7. The summed E-state index contributed by atoms with van der Waals surface area (Å²) in [6, 6.07) is 7.52. The topological polar surface area (TPSA) is 53.5 Å². The van der Waals surface area contributed by atoms with E-state index in [1.165, 1.54) is 17.8 Å². The fourth-order valence-corrected chi connectivity index (χ4v) is 5.47. The van der Waals surface area contributed by atoms with Crippen LogP contribution in [0, 0.1) is 11.8 Å². The van der Waals surface area contributed by atoms with E-state index in [2.05, 4.69) is 11.9 Å². The van der Waals surface area contributed by atoms with Gasteiger partial charge in [0.2, 0.25) is 5.91 Å². The maximum Gasteiger partial charge on any atom is 0.265 e. The first-order valence-electron chi connectivity index (χ1n) is 10.3. The number of hydrogen-bond donors (Lipinski definition) is 0. The molecule has 2 aliphatic heterocycles. The molecule has 0 spiro atoms. The van der Waals surface area contributed by atoms with Crippen LogP contribution in [0.5, 0.6) is 0 Å². The minimum absolute atomic E-state index is 0.00158. The van der Waals surface area contributed by atoms with Gasteiger partial charge in [0.25, 0.3) is 5.91 Å². The van der Waals surface area contributed by atoms with Crippen LogP contribution in [-0.2, 0) is 4.79 Å². The van der Waals surface area contributed by atoms with Gasteiger partial charge < -0.3 is 9.80 Å². The molecule has 2 aliphatic rings. The van der Waals surface area contributed by atoms with Gasteiger partial charge in [-0.05, 0) is 37.7 Å². The van der Waals surface area contributed by atoms with Gasteiger partial charge in [-0.3, -0.25) is 9.59 Å². The van der Waals surface area contributed by atoms with Gasteiger partial charge in [0.15, 0.2) is 0 Å². The van der Waals surface area contributed by atoms with E-state index in [0.717, 1.165) is 42.9 Å². The number of nitrogens with zero attached hydrogens (tertiary/aromatic N) is 3. The lowest BCUT2D eigenvalue weighted by molar-refractivity contribution is -0.138. The van der Waals surface area contributed by atoms with Gasteiger partial charge in [0.1, 0.15) is 9.88 Å². The first-order valence-corrected chi connectivity index (χ1v) is 11.5. The van der Waals surface area contributed by atoms with Crippen molar-refractivity contribution in [1.29, 1.82) is 0 Å². The predicted molar refractivity (Wildman–Crippen MR) is 116 cm³/mol. The fourth-order valence-electron chi connectivity index (χ4n) is 4.27. The molecule has 3 heterocycles. The van der Waals surface area contributed by atoms with Gasteiger partial charge >= 0.3 is 0 Å². The van der Waals surface area contributed by atoms with Crippen molar-refractivity contribution >= 4 is 34.8 Å². The molecular formula is C22H26ClN3O2S. The van der Waals surface area contributed by atoms with Crippen molar-refractivity contribution in [2.45, 2.75) is 32.6 Å². The van der Waals surface area contributed by atoms with E-state index in [9.17, 15) is 9.59 Å². The molecule has 1 unspecified atom stereocenters. The van der Waals surface area contributed by atoms with E-state index in [-0.39, 0.29) is 17.7 Å². The number of thiazole rings is 1. The summed E-state index contributed by atoms with van der Waals surface area (Å²) in [6.07, 6.45) is 5.43. The molecule has 2 aromatic rings. The number of aromatic nitrogens is 1. The molecule has 154 valence electrons. The van der Waals surface area contributed by atoms with Crippen LogP contribution in [0.4, 0.5) is 0 Å². The molecular weight excluding hydrogens is 406 g/mol. The van der Waals surface area contributed by atoms with E-state index < -0.39 is 0 Å². The van der Waals surface area contributed by atoms with Crippen LogP contribution in [-0.4, -0.2) is 52.8 Å². The SMILES string of the molecule is CC1CCCN(C(=O)C2CCN(C(=O)c3cnc(-c4ccccc4Cl)s3)CC2)C1. The van der Waals surface area contributed by atoms with E-state index in [1.54, 1.807) is 6.20 Å². The molecule has 2 saturated heterocycles. The predicted octanol–water partition coefficient (Wildman–Crippen LogP) is 4.57. The number of carbonyl (C=O) groups excluding carboxylic acids is 2. The van der Waals surface area contributed by atoms with Crippen molar-refractivity contribution in [3.63, 3.8) is 0 Å². The summed E-state index contributed by atoms with van der Waals surface area (Å²) < 4.78 is 0. The standard InChI is InChI=1S/C22H26ClN3O2S/c1-15-5-4-10-26(14-15)21(27)16-8-11-25(12-9-16)22(28)19-13-24-20(29-19)17-6-2-3-7-18(17)23/h2-3,6-7,13,15-16H,4-5,8-12,14H2,1H3. The highest BCUT2D eigenvalue weighted by Gasteiger charge is 2.32. The van der Waals surface area contributed by atoms with Crippen LogP contribution in [0.25, 0.3) is 10.6 Å². The average molecular weight is 432 g/mol. The molecule has 5 nitrogen and oxygen atoms in total. The van der Waals surface area contributed by atoms with Crippen molar-refractivity contribution in [1.82, 2.24) is 14.8 Å². The number of benzene rings is 1. The maximum absolute atomic E-state index is 12.9. The molecule has 29 heavy (non-hydrogen) atoms. The Morgan fingerprint density at radius 3 is 2.59 bits per heavy atom. The molecule has 0 bridgehead atoms. The normalized spacial score (nSPS) is 20.7. The summed E-state index contributed by atoms with van der Waals surface area (Å²) in [5.41, 5.74) is 0.846. The third-order valence-corrected chi connectivity index (χ3v) is 7.27. The largest absolute Gasteiger partial charge is 0.342 e. The first-order chi connectivity index (χ1) is 14.0. The van der Waals surface area contributed by atoms with Crippen LogP contribution < -0.4 is 0 Å². The zero-order valence-corrected chi connectivity index (χ0v) is 18.2. The Kier molecular flexibility index (Phi) is 6.20. The van der Waals surface area contributed by atoms with Gasteiger partial charge in [-0.1, -0.05) is 36.7 Å². The smallest absolute Gasteiger partial charge is 0.265 e. The number of piperidine rings is 2. The van der Waals surface area contributed by atoms with Gasteiger partial charge in [0.05, 0.1) is 11.2 Å². The third kappa shape index (κ3) is 4.48. The number of likely N-dealkylation sites (tertiary alicyclic amines) is 2. The Bertz CT molecular complexity index is 892. The second-order valence-electron chi connectivity index (χ2n) is 8.11. The van der Waals surface area contributed by atoms with Gasteiger partial charge in [-0.15, -0.1) is 11.3 Å². The van der Waals surface area contributed by atoms with Gasteiger partial charge in [-0.2, -0.15) is 0 Å². The molecule has 1 aromatic heterocycles. The van der Waals surface area contributed by atoms with E-state index in [4.69, 9.17) is 11.6 Å². The minimum atomic E-state index is -0.00158. The zero-order chi connectivity index (χ0) is 20.4. The summed E-state index contributed by atoms with van der Waals surface area (Å²) in [6.45, 7) is 5.22. The van der Waals surface area contributed by atoms with Crippen molar-refractivity contribution in [2.24, 2.45) is 11.8 Å². The minimum Gasteiger partial charge on any atom is -0.342 e. The number of hydrogen-bond acceptors (Lipinski definition) is 4. The number of halogens is 1. The summed E-state index contributed by atoms with van der Waals surface area (Å²) in [5.74, 6) is 0.915. The molecule has 0 aliphatic carbocycles. The van der Waals surface area contributed by atoms with Crippen LogP contribution in [0.15, 0.2) is 30.5 Å². The molecule has 4 rings (SSSR count). The zero-order valence-electron chi connectivity index (χ0n) is 16.6. The first kappa shape index (κ1) is 20.4. The molecule has 1 aromatic carbocycles. The molecule has 0 N–H and O–H groups in total. The van der Waals surface area contributed by atoms with Crippen LogP contribution in [0.3, 0.4) is 0 Å². The van der Waals surface area contributed by atoms with Crippen molar-refractivity contribution in [2.75, 3.05) is 26.2 Å². The maximum atomic E-state index is 12.9. The Balaban J connectivity index is 1.36. The molecule has 2 amide bonds. The average Bonchev–Trinajstić information content (AvgIpc) is 3.23. The second-order valence-corrected chi connectivity index (χ2v) is 9.55. The monoisotopic (exact) mass is 431 g/mol. The third-order valence-electron chi connectivity index (χ3n) is 5.92. The van der Waals surface area contributed by atoms with Crippen LogP contribution in [0.2, 0.25) is 5.02 Å². The summed E-state index contributed by atoms with van der Waals surface area (Å²) in [5, 5.41) is 1.38. The Morgan fingerprint density at radius 1 is 1.10 bits per heavy atom. The lowest BCUT2D eigenvalue weighted by Gasteiger charge is -2.37. The van der Waals surface area contributed by atoms with Crippen molar-refractivity contribution in [3.05, 3.63) is 40.4 Å². The van der Waals surface area contributed by atoms with Gasteiger partial charge in [-0.25, -0.2) is 4.98 Å². The van der Waals surface area contributed by atoms with E-state index >= 15 is 0 Å². The number of rotatable bonds is 3. The fraction of sp³-hybridized carbons (Fsp3) is 0.500. The molecule has 7 heteroatoms. The summed E-state index contributed by atoms with van der Waals surface area (Å²) in [7, 11) is 0. The van der Waals surface area contributed by atoms with E-state index in [0.29, 0.717) is 28.9 Å². The number of amides is 2. The van der Waals surface area contributed by atoms with Crippen LogP contribution in [0.1, 0.15) is 42.3 Å². The second kappa shape index (κ2) is 8.84. The lowest BCUT2D eigenvalue weighted by atomic mass is 9.92. The molecule has 0 radical (unpaired) electrons. The number of carbonyl (C=O) groups is 2. The van der Waals surface area contributed by atoms with Crippen molar-refractivity contribution < 1.29 is 9.59 Å². The lowest BCUT2D eigenvalue weighted by Crippen LogP contribution is -2.46. The van der Waals surface area contributed by atoms with Crippen molar-refractivity contribution in [3.8, 4) is 10.6 Å². The molecule has 0 saturated carbocycles. The Hall–Kier alpha value is -1.92. The summed E-state index contributed by atoms with van der Waals surface area (Å²) >= 11 is 7.62. The Morgan fingerprint density at radius 2 is 1.86 bits per heavy atom.